The molecule has 82 valence electrons. The maximum Gasteiger partial charge on any atom is 0.223 e. The molecule has 0 bridgehead atoms. The second-order valence-electron chi connectivity index (χ2n) is 3.49. The monoisotopic (exact) mass is 219 g/mol. The zero-order chi connectivity index (χ0) is 11.5. The highest BCUT2D eigenvalue weighted by Crippen LogP contribution is 2.06. The fourth-order valence-corrected chi connectivity index (χ4v) is 1.41. The second kappa shape index (κ2) is 4.18. The quantitative estimate of drug-likeness (QED) is 0.835. The number of pyridine rings is 1. The van der Waals surface area contributed by atoms with Crippen LogP contribution in [0.25, 0.3) is 0 Å². The molecule has 2 rings (SSSR count). The fourth-order valence-electron chi connectivity index (χ4n) is 1.41. The first kappa shape index (κ1) is 10.4. The Bertz CT molecular complexity index is 546. The number of hydrogen-bond acceptors (Lipinski definition) is 2. The van der Waals surface area contributed by atoms with Crippen LogP contribution >= 0.6 is 0 Å². The highest BCUT2D eigenvalue weighted by atomic mass is 19.1. The minimum Gasteiger partial charge on any atom is -0.503 e. The zero-order valence-corrected chi connectivity index (χ0v) is 8.43. The number of nitrogens with zero attached hydrogens (tertiary/aromatic N) is 1. The van der Waals surface area contributed by atoms with Gasteiger partial charge in [0.1, 0.15) is 5.82 Å². The molecule has 4 heteroatoms. The molecule has 3 nitrogen and oxygen atoms in total. The minimum absolute atomic E-state index is 0.286. The van der Waals surface area contributed by atoms with Gasteiger partial charge in [-0.25, -0.2) is 4.39 Å². The average Bonchev–Trinajstić information content (AvgIpc) is 2.27. The second-order valence-corrected chi connectivity index (χ2v) is 3.49. The molecule has 0 atom stereocenters. The van der Waals surface area contributed by atoms with E-state index in [1.54, 1.807) is 22.9 Å². The molecule has 0 aliphatic rings. The molecule has 0 unspecified atom stereocenters. The highest BCUT2D eigenvalue weighted by Gasteiger charge is 1.98. The van der Waals surface area contributed by atoms with E-state index in [0.29, 0.717) is 6.54 Å². The first-order valence-corrected chi connectivity index (χ1v) is 4.78. The number of halogens is 1. The summed E-state index contributed by atoms with van der Waals surface area (Å²) >= 11 is 0. The van der Waals surface area contributed by atoms with Gasteiger partial charge in [0.05, 0.1) is 6.20 Å². The van der Waals surface area contributed by atoms with Crippen LogP contribution in [0.5, 0.6) is 5.75 Å². The molecular formula is C12H10FNO2. The van der Waals surface area contributed by atoms with Gasteiger partial charge >= 0.3 is 0 Å². The molecule has 2 aromatic rings. The third-order valence-corrected chi connectivity index (χ3v) is 2.24. The van der Waals surface area contributed by atoms with Gasteiger partial charge in [-0.05, 0) is 17.7 Å². The van der Waals surface area contributed by atoms with Crippen molar-refractivity contribution >= 4 is 0 Å². The Balaban J connectivity index is 2.23. The number of aromatic hydroxyl groups is 1. The normalized spacial score (nSPS) is 10.3. The lowest BCUT2D eigenvalue weighted by Gasteiger charge is -2.06. The molecule has 16 heavy (non-hydrogen) atoms. The van der Waals surface area contributed by atoms with Crippen LogP contribution in [0.3, 0.4) is 0 Å². The average molecular weight is 219 g/mol. The topological polar surface area (TPSA) is 42.2 Å². The third-order valence-electron chi connectivity index (χ3n) is 2.24. The summed E-state index contributed by atoms with van der Waals surface area (Å²) < 4.78 is 14.3. The van der Waals surface area contributed by atoms with Gasteiger partial charge in [0.2, 0.25) is 5.43 Å². The van der Waals surface area contributed by atoms with E-state index in [2.05, 4.69) is 0 Å². The Kier molecular flexibility index (Phi) is 2.72. The Hall–Kier alpha value is -2.10. The van der Waals surface area contributed by atoms with Crippen molar-refractivity contribution in [3.63, 3.8) is 0 Å². The first-order chi connectivity index (χ1) is 7.65. The van der Waals surface area contributed by atoms with Crippen molar-refractivity contribution in [3.8, 4) is 5.75 Å². The Morgan fingerprint density at radius 1 is 1.19 bits per heavy atom. The van der Waals surface area contributed by atoms with Crippen molar-refractivity contribution < 1.29 is 9.50 Å². The van der Waals surface area contributed by atoms with Gasteiger partial charge in [0, 0.05) is 18.8 Å². The molecule has 0 radical (unpaired) electrons. The standard InChI is InChI=1S/C12H10FNO2/c13-10-3-1-9(2-4-10)7-14-6-5-11(15)12(16)8-14/h1-6,8,16H,7H2. The maximum absolute atomic E-state index is 12.7. The van der Waals surface area contributed by atoms with E-state index in [0.717, 1.165) is 5.56 Å². The summed E-state index contributed by atoms with van der Waals surface area (Å²) in [5, 5.41) is 9.23. The highest BCUT2D eigenvalue weighted by molar-refractivity contribution is 5.19. The van der Waals surface area contributed by atoms with E-state index in [-0.39, 0.29) is 11.6 Å². The van der Waals surface area contributed by atoms with Gasteiger partial charge in [-0.1, -0.05) is 12.1 Å². The van der Waals surface area contributed by atoms with E-state index in [9.17, 15) is 14.3 Å². The summed E-state index contributed by atoms with van der Waals surface area (Å²) in [7, 11) is 0. The van der Waals surface area contributed by atoms with E-state index in [1.807, 2.05) is 0 Å². The Labute approximate surface area is 91.4 Å². The maximum atomic E-state index is 12.7. The van der Waals surface area contributed by atoms with Gasteiger partial charge in [-0.3, -0.25) is 4.79 Å². The molecule has 0 fully saturated rings. The molecule has 1 aromatic heterocycles. The first-order valence-electron chi connectivity index (χ1n) is 4.78. The molecule has 0 saturated carbocycles. The molecule has 1 N–H and O–H groups in total. The molecule has 0 aliphatic heterocycles. The Morgan fingerprint density at radius 2 is 1.88 bits per heavy atom. The molecule has 0 saturated heterocycles. The minimum atomic E-state index is -0.407. The molecule has 1 heterocycles. The largest absolute Gasteiger partial charge is 0.503 e. The van der Waals surface area contributed by atoms with Crippen molar-refractivity contribution in [1.82, 2.24) is 4.57 Å². The predicted octanol–water partition coefficient (Wildman–Crippen LogP) is 1.74. The van der Waals surface area contributed by atoms with E-state index < -0.39 is 5.43 Å². The SMILES string of the molecule is O=c1ccn(Cc2ccc(F)cc2)cc1O. The summed E-state index contributed by atoms with van der Waals surface area (Å²) in [5.74, 6) is -0.573. The van der Waals surface area contributed by atoms with Crippen LogP contribution in [0.2, 0.25) is 0 Å². The van der Waals surface area contributed by atoms with E-state index >= 15 is 0 Å². The fraction of sp³-hybridized carbons (Fsp3) is 0.0833. The molecule has 0 aliphatic carbocycles. The number of rotatable bonds is 2. The number of aromatic nitrogens is 1. The third kappa shape index (κ3) is 2.28. The predicted molar refractivity (Wildman–Crippen MR) is 57.9 cm³/mol. The summed E-state index contributed by atoms with van der Waals surface area (Å²) in [4.78, 5) is 11.0. The van der Waals surface area contributed by atoms with Crippen LogP contribution in [-0.2, 0) is 6.54 Å². The number of hydrogen-bond donors (Lipinski definition) is 1. The van der Waals surface area contributed by atoms with Crippen LogP contribution in [0.1, 0.15) is 5.56 Å². The molecule has 1 aromatic carbocycles. The number of benzene rings is 1. The van der Waals surface area contributed by atoms with Gasteiger partial charge in [-0.15, -0.1) is 0 Å². The lowest BCUT2D eigenvalue weighted by molar-refractivity contribution is 0.462. The van der Waals surface area contributed by atoms with Crippen LogP contribution in [0.15, 0.2) is 47.5 Å². The lowest BCUT2D eigenvalue weighted by Crippen LogP contribution is -2.05. The van der Waals surface area contributed by atoms with Gasteiger partial charge < -0.3 is 9.67 Å². The van der Waals surface area contributed by atoms with E-state index in [4.69, 9.17) is 0 Å². The van der Waals surface area contributed by atoms with Crippen molar-refractivity contribution in [3.05, 3.63) is 64.3 Å². The zero-order valence-electron chi connectivity index (χ0n) is 8.43. The van der Waals surface area contributed by atoms with Gasteiger partial charge in [0.25, 0.3) is 0 Å². The van der Waals surface area contributed by atoms with Crippen molar-refractivity contribution in [1.29, 1.82) is 0 Å². The lowest BCUT2D eigenvalue weighted by atomic mass is 10.2. The molecule has 0 spiro atoms. The van der Waals surface area contributed by atoms with E-state index in [1.165, 1.54) is 24.4 Å². The molecule has 0 amide bonds. The van der Waals surface area contributed by atoms with Crippen molar-refractivity contribution in [2.75, 3.05) is 0 Å². The molecular weight excluding hydrogens is 209 g/mol. The summed E-state index contributed by atoms with van der Waals surface area (Å²) in [6, 6.07) is 7.35. The van der Waals surface area contributed by atoms with Gasteiger partial charge in [-0.2, -0.15) is 0 Å². The summed E-state index contributed by atoms with van der Waals surface area (Å²) in [6.07, 6.45) is 2.93. The van der Waals surface area contributed by atoms with Crippen LogP contribution in [0.4, 0.5) is 4.39 Å². The summed E-state index contributed by atoms with van der Waals surface area (Å²) in [6.45, 7) is 0.480. The van der Waals surface area contributed by atoms with Crippen molar-refractivity contribution in [2.24, 2.45) is 0 Å². The Morgan fingerprint density at radius 3 is 2.50 bits per heavy atom. The summed E-state index contributed by atoms with van der Waals surface area (Å²) in [5.41, 5.74) is 0.486. The van der Waals surface area contributed by atoms with Crippen molar-refractivity contribution in [2.45, 2.75) is 6.54 Å². The van der Waals surface area contributed by atoms with Crippen LogP contribution in [-0.4, -0.2) is 9.67 Å². The van der Waals surface area contributed by atoms with Crippen LogP contribution in [0, 0.1) is 5.82 Å². The van der Waals surface area contributed by atoms with Gasteiger partial charge in [0.15, 0.2) is 5.75 Å². The smallest absolute Gasteiger partial charge is 0.223 e. The van der Waals surface area contributed by atoms with Crippen LogP contribution < -0.4 is 5.43 Å².